The average Bonchev–Trinajstić information content (AvgIpc) is 2.32. The Morgan fingerprint density at radius 3 is 2.55 bits per heavy atom. The van der Waals surface area contributed by atoms with Crippen molar-refractivity contribution in [3.05, 3.63) is 11.6 Å². The number of hydrogen-bond donors (Lipinski definition) is 0. The Bertz CT molecular complexity index is 158. The number of allylic oxidation sites excluding steroid dienone is 2. The van der Waals surface area contributed by atoms with E-state index in [9.17, 15) is 0 Å². The third-order valence-electron chi connectivity index (χ3n) is 2.67. The van der Waals surface area contributed by atoms with Crippen molar-refractivity contribution in [3.63, 3.8) is 0 Å². The molecule has 0 aromatic heterocycles. The first-order valence-corrected chi connectivity index (χ1v) is 5.66. The lowest BCUT2D eigenvalue weighted by atomic mass is 10.1. The summed E-state index contributed by atoms with van der Waals surface area (Å²) in [4.78, 5) is 0. The molecular weight excluding hydrogens is 152 g/mol. The van der Waals surface area contributed by atoms with Gasteiger partial charge in [-0.2, -0.15) is 11.8 Å². The Morgan fingerprint density at radius 2 is 2.00 bits per heavy atom. The van der Waals surface area contributed by atoms with Gasteiger partial charge in [0.25, 0.3) is 0 Å². The van der Waals surface area contributed by atoms with E-state index in [1.165, 1.54) is 32.1 Å². The van der Waals surface area contributed by atoms with Gasteiger partial charge < -0.3 is 0 Å². The predicted octanol–water partition coefficient (Wildman–Crippen LogP) is 3.38. The molecule has 2 heterocycles. The molecule has 0 spiro atoms. The standard InChI is InChI=1S/C10H16S/c1-2-3-8-6-9-4-5-10(7-8)11-9/h3,9-10H,2,4-7H2,1H3. The third kappa shape index (κ3) is 1.64. The first-order chi connectivity index (χ1) is 5.38. The van der Waals surface area contributed by atoms with E-state index in [0.717, 1.165) is 10.5 Å². The summed E-state index contributed by atoms with van der Waals surface area (Å²) >= 11 is 2.24. The second-order valence-electron chi connectivity index (χ2n) is 3.64. The van der Waals surface area contributed by atoms with Gasteiger partial charge in [-0.25, -0.2) is 0 Å². The smallest absolute Gasteiger partial charge is 0.00875 e. The maximum atomic E-state index is 2.45. The second-order valence-corrected chi connectivity index (χ2v) is 5.24. The summed E-state index contributed by atoms with van der Waals surface area (Å²) in [7, 11) is 0. The summed E-state index contributed by atoms with van der Waals surface area (Å²) < 4.78 is 0. The Labute approximate surface area is 73.4 Å². The highest BCUT2D eigenvalue weighted by Crippen LogP contribution is 2.45. The molecule has 0 saturated carbocycles. The Hall–Kier alpha value is 0.0900. The molecule has 2 aliphatic rings. The normalized spacial score (nSPS) is 35.9. The van der Waals surface area contributed by atoms with Crippen LogP contribution in [-0.2, 0) is 0 Å². The summed E-state index contributed by atoms with van der Waals surface area (Å²) in [5, 5.41) is 1.98. The number of hydrogen-bond acceptors (Lipinski definition) is 1. The summed E-state index contributed by atoms with van der Waals surface area (Å²) in [5.41, 5.74) is 1.75. The van der Waals surface area contributed by atoms with Gasteiger partial charge in [0.15, 0.2) is 0 Å². The first-order valence-electron chi connectivity index (χ1n) is 4.72. The van der Waals surface area contributed by atoms with Crippen LogP contribution in [0.25, 0.3) is 0 Å². The zero-order valence-electron chi connectivity index (χ0n) is 7.18. The van der Waals surface area contributed by atoms with Crippen molar-refractivity contribution >= 4 is 11.8 Å². The van der Waals surface area contributed by atoms with Crippen molar-refractivity contribution < 1.29 is 0 Å². The van der Waals surface area contributed by atoms with Crippen molar-refractivity contribution in [1.29, 1.82) is 0 Å². The molecule has 0 N–H and O–H groups in total. The van der Waals surface area contributed by atoms with Crippen LogP contribution in [0.15, 0.2) is 11.6 Å². The van der Waals surface area contributed by atoms with Crippen LogP contribution in [-0.4, -0.2) is 10.5 Å². The van der Waals surface area contributed by atoms with Gasteiger partial charge in [-0.1, -0.05) is 18.6 Å². The highest BCUT2D eigenvalue weighted by Gasteiger charge is 2.31. The number of rotatable bonds is 1. The number of fused-ring (bicyclic) bond motifs is 2. The number of thioether (sulfide) groups is 1. The minimum atomic E-state index is 0.992. The Morgan fingerprint density at radius 1 is 1.36 bits per heavy atom. The summed E-state index contributed by atoms with van der Waals surface area (Å²) in [6, 6.07) is 0. The monoisotopic (exact) mass is 168 g/mol. The van der Waals surface area contributed by atoms with Crippen LogP contribution in [0.1, 0.15) is 39.0 Å². The fourth-order valence-electron chi connectivity index (χ4n) is 2.20. The predicted molar refractivity (Wildman–Crippen MR) is 52.0 cm³/mol. The van der Waals surface area contributed by atoms with Crippen LogP contribution >= 0.6 is 11.8 Å². The first kappa shape index (κ1) is 7.72. The molecular formula is C10H16S. The highest BCUT2D eigenvalue weighted by molar-refractivity contribution is 8.00. The van der Waals surface area contributed by atoms with E-state index in [-0.39, 0.29) is 0 Å². The Balaban J connectivity index is 2.02. The van der Waals surface area contributed by atoms with Crippen molar-refractivity contribution in [1.82, 2.24) is 0 Å². The van der Waals surface area contributed by atoms with Gasteiger partial charge in [0.05, 0.1) is 0 Å². The van der Waals surface area contributed by atoms with Crippen molar-refractivity contribution in [2.75, 3.05) is 0 Å². The zero-order valence-corrected chi connectivity index (χ0v) is 7.99. The maximum Gasteiger partial charge on any atom is 0.00875 e. The molecule has 2 aliphatic heterocycles. The van der Waals surface area contributed by atoms with Gasteiger partial charge in [0.2, 0.25) is 0 Å². The van der Waals surface area contributed by atoms with Gasteiger partial charge in [0, 0.05) is 10.5 Å². The van der Waals surface area contributed by atoms with Gasteiger partial charge in [-0.3, -0.25) is 0 Å². The fraction of sp³-hybridized carbons (Fsp3) is 0.800. The lowest BCUT2D eigenvalue weighted by Gasteiger charge is -2.21. The van der Waals surface area contributed by atoms with E-state index in [2.05, 4.69) is 24.8 Å². The zero-order chi connectivity index (χ0) is 7.68. The molecule has 2 rings (SSSR count). The lowest BCUT2D eigenvalue weighted by Crippen LogP contribution is -2.08. The molecule has 1 heteroatoms. The third-order valence-corrected chi connectivity index (χ3v) is 4.24. The molecule has 2 bridgehead atoms. The van der Waals surface area contributed by atoms with Gasteiger partial charge in [-0.05, 0) is 32.1 Å². The minimum absolute atomic E-state index is 0.992. The second kappa shape index (κ2) is 3.22. The largest absolute Gasteiger partial charge is 0.154 e. The molecule has 11 heavy (non-hydrogen) atoms. The quantitative estimate of drug-likeness (QED) is 0.541. The summed E-state index contributed by atoms with van der Waals surface area (Å²) in [5.74, 6) is 0. The van der Waals surface area contributed by atoms with Gasteiger partial charge in [-0.15, -0.1) is 0 Å². The molecule has 0 aromatic carbocycles. The lowest BCUT2D eigenvalue weighted by molar-refractivity contribution is 0.777. The van der Waals surface area contributed by atoms with Crippen LogP contribution in [0.3, 0.4) is 0 Å². The molecule has 0 amide bonds. The topological polar surface area (TPSA) is 0 Å². The van der Waals surface area contributed by atoms with Crippen LogP contribution in [0.2, 0.25) is 0 Å². The minimum Gasteiger partial charge on any atom is -0.154 e. The molecule has 2 fully saturated rings. The summed E-state index contributed by atoms with van der Waals surface area (Å²) in [6.07, 6.45) is 9.45. The molecule has 2 atom stereocenters. The molecule has 0 nitrogen and oxygen atoms in total. The van der Waals surface area contributed by atoms with Crippen LogP contribution in [0.5, 0.6) is 0 Å². The van der Waals surface area contributed by atoms with E-state index in [1.807, 2.05) is 0 Å². The SMILES string of the molecule is CCC=C1CC2CCC(C1)S2. The maximum absolute atomic E-state index is 2.45. The van der Waals surface area contributed by atoms with E-state index in [4.69, 9.17) is 0 Å². The highest BCUT2D eigenvalue weighted by atomic mass is 32.2. The van der Waals surface area contributed by atoms with Crippen LogP contribution < -0.4 is 0 Å². The van der Waals surface area contributed by atoms with E-state index in [1.54, 1.807) is 5.57 Å². The van der Waals surface area contributed by atoms with Crippen molar-refractivity contribution in [2.24, 2.45) is 0 Å². The van der Waals surface area contributed by atoms with Crippen LogP contribution in [0.4, 0.5) is 0 Å². The van der Waals surface area contributed by atoms with Crippen molar-refractivity contribution in [3.8, 4) is 0 Å². The fourth-order valence-corrected chi connectivity index (χ4v) is 3.91. The van der Waals surface area contributed by atoms with Gasteiger partial charge >= 0.3 is 0 Å². The van der Waals surface area contributed by atoms with E-state index < -0.39 is 0 Å². The average molecular weight is 168 g/mol. The molecule has 62 valence electrons. The van der Waals surface area contributed by atoms with E-state index in [0.29, 0.717) is 0 Å². The van der Waals surface area contributed by atoms with Crippen LogP contribution in [0, 0.1) is 0 Å². The molecule has 0 radical (unpaired) electrons. The molecule has 2 unspecified atom stereocenters. The molecule has 0 aromatic rings. The van der Waals surface area contributed by atoms with E-state index >= 15 is 0 Å². The Kier molecular flexibility index (Phi) is 2.26. The summed E-state index contributed by atoms with van der Waals surface area (Å²) in [6.45, 7) is 2.25. The molecule has 0 aliphatic carbocycles. The van der Waals surface area contributed by atoms with Gasteiger partial charge in [0.1, 0.15) is 0 Å². The van der Waals surface area contributed by atoms with Crippen molar-refractivity contribution in [2.45, 2.75) is 49.5 Å². The molecule has 2 saturated heterocycles.